The highest BCUT2D eigenvalue weighted by atomic mass is 35.5. The van der Waals surface area contributed by atoms with E-state index in [4.69, 9.17) is 27.9 Å². The Morgan fingerprint density at radius 1 is 1.31 bits per heavy atom. The van der Waals surface area contributed by atoms with Crippen molar-refractivity contribution in [1.29, 1.82) is 0 Å². The first-order valence-electron chi connectivity index (χ1n) is 8.02. The predicted octanol–water partition coefficient (Wildman–Crippen LogP) is 2.51. The van der Waals surface area contributed by atoms with Gasteiger partial charge < -0.3 is 20.5 Å². The lowest BCUT2D eigenvalue weighted by Gasteiger charge is -2.31. The highest BCUT2D eigenvalue weighted by Gasteiger charge is 2.38. The Kier molecular flexibility index (Phi) is 6.69. The molecule has 0 bridgehead atoms. The fourth-order valence-corrected chi connectivity index (χ4v) is 3.37. The van der Waals surface area contributed by atoms with Gasteiger partial charge in [0.25, 0.3) is 0 Å². The van der Waals surface area contributed by atoms with Gasteiger partial charge in [0.15, 0.2) is 0 Å². The molecule has 1 atom stereocenters. The molecule has 1 aliphatic rings. The fraction of sp³-hybridized carbons (Fsp3) is 0.333. The third-order valence-corrected chi connectivity index (χ3v) is 4.90. The maximum Gasteiger partial charge on any atom is 0.336 e. The summed E-state index contributed by atoms with van der Waals surface area (Å²) in [5.74, 6) is -1.85. The molecule has 0 saturated heterocycles. The number of aliphatic hydroxyl groups is 1. The topological polar surface area (TPSA) is 87.7 Å². The summed E-state index contributed by atoms with van der Waals surface area (Å²) in [6.45, 7) is 3.14. The summed E-state index contributed by atoms with van der Waals surface area (Å²) < 4.78 is 5.17. The molecule has 0 aliphatic carbocycles. The van der Waals surface area contributed by atoms with Crippen LogP contribution in [-0.4, -0.2) is 37.2 Å². The minimum Gasteiger partial charge on any atom is -0.463 e. The number of hydrogen-bond acceptors (Lipinski definition) is 5. The molecule has 0 saturated carbocycles. The van der Waals surface area contributed by atoms with Crippen molar-refractivity contribution in [2.75, 3.05) is 20.3 Å². The number of carbonyl (C=O) groups excluding carboxylic acids is 2. The van der Waals surface area contributed by atoms with Crippen molar-refractivity contribution >= 4 is 35.1 Å². The molecule has 26 heavy (non-hydrogen) atoms. The molecule has 1 aromatic rings. The normalized spacial score (nSPS) is 17.1. The van der Waals surface area contributed by atoms with Gasteiger partial charge in [-0.15, -0.1) is 0 Å². The van der Waals surface area contributed by atoms with Crippen molar-refractivity contribution in [1.82, 2.24) is 10.6 Å². The number of aliphatic hydroxyl groups excluding tert-OH is 1. The Hall–Kier alpha value is -2.02. The SMILES string of the molecule is CCOC(=O)C1=C(C)NC(CO)=C(C(=O)NC)C1c1cccc(Cl)c1Cl. The van der Waals surface area contributed by atoms with Crippen LogP contribution in [0.5, 0.6) is 0 Å². The van der Waals surface area contributed by atoms with Crippen LogP contribution in [0.4, 0.5) is 0 Å². The van der Waals surface area contributed by atoms with Crippen LogP contribution in [0.25, 0.3) is 0 Å². The number of hydrogen-bond donors (Lipinski definition) is 3. The first kappa shape index (κ1) is 20.3. The molecule has 1 heterocycles. The number of benzene rings is 1. The average Bonchev–Trinajstić information content (AvgIpc) is 2.62. The number of dihydropyridines is 1. The molecular weight excluding hydrogens is 379 g/mol. The third kappa shape index (κ3) is 3.72. The van der Waals surface area contributed by atoms with Crippen molar-refractivity contribution in [2.45, 2.75) is 19.8 Å². The van der Waals surface area contributed by atoms with Crippen molar-refractivity contribution < 1.29 is 19.4 Å². The van der Waals surface area contributed by atoms with Gasteiger partial charge in [-0.3, -0.25) is 4.79 Å². The van der Waals surface area contributed by atoms with E-state index in [-0.39, 0.29) is 28.5 Å². The molecule has 6 nitrogen and oxygen atoms in total. The maximum absolute atomic E-state index is 12.6. The number of esters is 1. The average molecular weight is 399 g/mol. The smallest absolute Gasteiger partial charge is 0.336 e. The van der Waals surface area contributed by atoms with Crippen LogP contribution in [0.15, 0.2) is 40.7 Å². The number of likely N-dealkylation sites (N-methyl/N-ethyl adjacent to an activating group) is 1. The molecule has 1 amide bonds. The summed E-state index contributed by atoms with van der Waals surface area (Å²) in [4.78, 5) is 25.2. The van der Waals surface area contributed by atoms with E-state index < -0.39 is 24.4 Å². The predicted molar refractivity (Wildman–Crippen MR) is 99.9 cm³/mol. The number of carbonyl (C=O) groups is 2. The highest BCUT2D eigenvalue weighted by molar-refractivity contribution is 6.42. The molecule has 3 N–H and O–H groups in total. The molecule has 1 unspecified atom stereocenters. The Morgan fingerprint density at radius 2 is 2.00 bits per heavy atom. The van der Waals surface area contributed by atoms with Crippen molar-refractivity contribution in [3.05, 3.63) is 56.3 Å². The summed E-state index contributed by atoms with van der Waals surface area (Å²) >= 11 is 12.5. The van der Waals surface area contributed by atoms with Gasteiger partial charge in [0.05, 0.1) is 46.0 Å². The van der Waals surface area contributed by atoms with E-state index in [1.807, 2.05) is 0 Å². The van der Waals surface area contributed by atoms with Gasteiger partial charge in [-0.1, -0.05) is 35.3 Å². The first-order chi connectivity index (χ1) is 12.4. The fourth-order valence-electron chi connectivity index (χ4n) is 2.96. The van der Waals surface area contributed by atoms with Gasteiger partial charge in [-0.05, 0) is 25.5 Å². The highest BCUT2D eigenvalue weighted by Crippen LogP contribution is 2.43. The van der Waals surface area contributed by atoms with E-state index >= 15 is 0 Å². The summed E-state index contributed by atoms with van der Waals surface area (Å²) in [5, 5.41) is 15.7. The van der Waals surface area contributed by atoms with Gasteiger partial charge in [0, 0.05) is 12.7 Å². The number of allylic oxidation sites excluding steroid dienone is 1. The lowest BCUT2D eigenvalue weighted by atomic mass is 9.80. The number of halogens is 2. The molecule has 0 spiro atoms. The quantitative estimate of drug-likeness (QED) is 0.663. The van der Waals surface area contributed by atoms with Crippen LogP contribution in [0.1, 0.15) is 25.3 Å². The van der Waals surface area contributed by atoms with E-state index in [9.17, 15) is 14.7 Å². The molecule has 0 fully saturated rings. The van der Waals surface area contributed by atoms with Crippen LogP contribution < -0.4 is 10.6 Å². The minimum absolute atomic E-state index is 0.178. The second-order valence-corrected chi connectivity index (χ2v) is 6.37. The summed E-state index contributed by atoms with van der Waals surface area (Å²) in [7, 11) is 1.47. The van der Waals surface area contributed by atoms with E-state index in [0.717, 1.165) is 0 Å². The van der Waals surface area contributed by atoms with Gasteiger partial charge in [-0.2, -0.15) is 0 Å². The Morgan fingerprint density at radius 3 is 2.58 bits per heavy atom. The van der Waals surface area contributed by atoms with E-state index in [1.165, 1.54) is 7.05 Å². The zero-order valence-electron chi connectivity index (χ0n) is 14.7. The van der Waals surface area contributed by atoms with Gasteiger partial charge in [0.1, 0.15) is 0 Å². The van der Waals surface area contributed by atoms with Crippen molar-refractivity contribution in [3.63, 3.8) is 0 Å². The number of rotatable bonds is 5. The van der Waals surface area contributed by atoms with Crippen LogP contribution in [0, 0.1) is 0 Å². The molecule has 8 heteroatoms. The first-order valence-corrected chi connectivity index (χ1v) is 8.77. The van der Waals surface area contributed by atoms with Crippen molar-refractivity contribution in [3.8, 4) is 0 Å². The Bertz CT molecular complexity index is 802. The molecule has 140 valence electrons. The van der Waals surface area contributed by atoms with Crippen LogP contribution >= 0.6 is 23.2 Å². The zero-order valence-corrected chi connectivity index (χ0v) is 16.2. The molecule has 0 aromatic heterocycles. The molecular formula is C18H20Cl2N2O4. The number of ether oxygens (including phenoxy) is 1. The zero-order chi connectivity index (χ0) is 19.4. The summed E-state index contributed by atoms with van der Waals surface area (Å²) in [6.07, 6.45) is 0. The summed E-state index contributed by atoms with van der Waals surface area (Å²) in [5.41, 5.74) is 1.67. The maximum atomic E-state index is 12.6. The molecule has 1 aromatic carbocycles. The van der Waals surface area contributed by atoms with E-state index in [1.54, 1.807) is 32.0 Å². The largest absolute Gasteiger partial charge is 0.463 e. The Labute approximate surface area is 161 Å². The number of nitrogens with one attached hydrogen (secondary N) is 2. The number of amides is 1. The second-order valence-electron chi connectivity index (χ2n) is 5.59. The van der Waals surface area contributed by atoms with Gasteiger partial charge in [-0.25, -0.2) is 4.79 Å². The van der Waals surface area contributed by atoms with Gasteiger partial charge >= 0.3 is 5.97 Å². The molecule has 1 aliphatic heterocycles. The molecule has 2 rings (SSSR count). The van der Waals surface area contributed by atoms with Crippen LogP contribution in [0.3, 0.4) is 0 Å². The third-order valence-electron chi connectivity index (χ3n) is 4.06. The second kappa shape index (κ2) is 8.58. The lowest BCUT2D eigenvalue weighted by Crippen LogP contribution is -2.37. The van der Waals surface area contributed by atoms with E-state index in [0.29, 0.717) is 16.3 Å². The van der Waals surface area contributed by atoms with E-state index in [2.05, 4.69) is 10.6 Å². The van der Waals surface area contributed by atoms with Crippen molar-refractivity contribution in [2.24, 2.45) is 0 Å². The van der Waals surface area contributed by atoms with Gasteiger partial charge in [0.2, 0.25) is 5.91 Å². The summed E-state index contributed by atoms with van der Waals surface area (Å²) in [6, 6.07) is 4.99. The van der Waals surface area contributed by atoms with Crippen LogP contribution in [-0.2, 0) is 14.3 Å². The lowest BCUT2D eigenvalue weighted by molar-refractivity contribution is -0.138. The Balaban J connectivity index is 2.78. The monoisotopic (exact) mass is 398 g/mol. The van der Waals surface area contributed by atoms with Crippen LogP contribution in [0.2, 0.25) is 10.0 Å². The molecule has 0 radical (unpaired) electrons. The minimum atomic E-state index is -0.830. The standard InChI is InChI=1S/C18H20Cl2N2O4/c1-4-26-18(25)13-9(2)22-12(8-23)15(17(24)21-3)14(13)10-6-5-7-11(19)16(10)20/h5-7,14,22-23H,4,8H2,1-3H3,(H,21,24).